The maximum atomic E-state index is 5.39. The molecule has 64 valence electrons. The van der Waals surface area contributed by atoms with Crippen LogP contribution >= 0.6 is 0 Å². The third-order valence-corrected chi connectivity index (χ3v) is 2.13. The number of hydrogen-bond acceptors (Lipinski definition) is 1. The summed E-state index contributed by atoms with van der Waals surface area (Å²) in [4.78, 5) is 4.03. The van der Waals surface area contributed by atoms with Gasteiger partial charge in [0.2, 0.25) is 0 Å². The molecule has 0 bridgehead atoms. The molecule has 1 heterocycles. The Labute approximate surface area is 82.8 Å². The van der Waals surface area contributed by atoms with Gasteiger partial charge in [0.1, 0.15) is 0 Å². The highest BCUT2D eigenvalue weighted by atomic mass is 14.6. The first-order valence-corrected chi connectivity index (χ1v) is 4.17. The molecular formula is C13H7N. The Morgan fingerprint density at radius 2 is 1.57 bits per heavy atom. The Morgan fingerprint density at radius 3 is 2.21 bits per heavy atom. The fourth-order valence-corrected chi connectivity index (χ4v) is 1.44. The molecule has 0 aliphatic rings. The molecule has 0 aliphatic carbocycles. The number of terminal acetylenes is 2. The minimum Gasteiger partial charge on any atom is -0.264 e. The van der Waals surface area contributed by atoms with Crippen molar-refractivity contribution >= 4 is 10.8 Å². The topological polar surface area (TPSA) is 12.9 Å². The van der Waals surface area contributed by atoms with Crippen molar-refractivity contribution in [3.63, 3.8) is 0 Å². The fraction of sp³-hybridized carbons (Fsp3) is 0. The van der Waals surface area contributed by atoms with E-state index >= 15 is 0 Å². The van der Waals surface area contributed by atoms with Crippen LogP contribution in [-0.2, 0) is 0 Å². The largest absolute Gasteiger partial charge is 0.264 e. The van der Waals surface area contributed by atoms with E-state index in [1.807, 2.05) is 18.2 Å². The second-order valence-corrected chi connectivity index (χ2v) is 2.87. The van der Waals surface area contributed by atoms with E-state index in [0.29, 0.717) is 0 Å². The molecule has 0 fully saturated rings. The van der Waals surface area contributed by atoms with Gasteiger partial charge in [-0.2, -0.15) is 0 Å². The second kappa shape index (κ2) is 3.24. The monoisotopic (exact) mass is 177 g/mol. The number of pyridine rings is 1. The van der Waals surface area contributed by atoms with Crippen LogP contribution in [0.25, 0.3) is 10.8 Å². The average molecular weight is 177 g/mol. The molecule has 0 atom stereocenters. The van der Waals surface area contributed by atoms with Crippen LogP contribution in [-0.4, -0.2) is 4.98 Å². The quantitative estimate of drug-likeness (QED) is 0.562. The summed E-state index contributed by atoms with van der Waals surface area (Å²) in [5.74, 6) is 5.24. The molecule has 0 N–H and O–H groups in total. The Morgan fingerprint density at radius 1 is 0.929 bits per heavy atom. The van der Waals surface area contributed by atoms with Crippen molar-refractivity contribution in [3.05, 3.63) is 41.7 Å². The Hall–Kier alpha value is -2.25. The first-order valence-electron chi connectivity index (χ1n) is 4.17. The Bertz CT molecular complexity index is 515. The first kappa shape index (κ1) is 8.35. The lowest BCUT2D eigenvalue weighted by Gasteiger charge is -2.02. The molecule has 1 nitrogen and oxygen atoms in total. The van der Waals surface area contributed by atoms with Gasteiger partial charge < -0.3 is 0 Å². The standard InChI is InChI=1S/C13H7N/c1-3-10-5-6-11(4-2)13-9-14-8-7-12(10)13/h1-2,5-9H. The summed E-state index contributed by atoms with van der Waals surface area (Å²) in [5, 5.41) is 1.92. The van der Waals surface area contributed by atoms with Crippen molar-refractivity contribution in [3.8, 4) is 24.7 Å². The van der Waals surface area contributed by atoms with Crippen LogP contribution in [0, 0.1) is 24.7 Å². The number of nitrogens with zero attached hydrogens (tertiary/aromatic N) is 1. The third kappa shape index (κ3) is 1.13. The average Bonchev–Trinajstić information content (AvgIpc) is 2.27. The SMILES string of the molecule is C#Cc1ccc(C#C)c2cnccc12. The van der Waals surface area contributed by atoms with Crippen molar-refractivity contribution < 1.29 is 0 Å². The van der Waals surface area contributed by atoms with Gasteiger partial charge >= 0.3 is 0 Å². The highest BCUT2D eigenvalue weighted by Gasteiger charge is 2.01. The molecule has 0 aliphatic heterocycles. The minimum absolute atomic E-state index is 0.826. The number of aromatic nitrogens is 1. The van der Waals surface area contributed by atoms with Crippen LogP contribution in [0.1, 0.15) is 11.1 Å². The van der Waals surface area contributed by atoms with Crippen molar-refractivity contribution in [1.82, 2.24) is 4.98 Å². The van der Waals surface area contributed by atoms with Gasteiger partial charge in [-0.05, 0) is 18.2 Å². The van der Waals surface area contributed by atoms with E-state index in [1.165, 1.54) is 0 Å². The summed E-state index contributed by atoms with van der Waals surface area (Å²) in [6.45, 7) is 0. The van der Waals surface area contributed by atoms with Crippen LogP contribution in [0.5, 0.6) is 0 Å². The smallest absolute Gasteiger partial charge is 0.0359 e. The van der Waals surface area contributed by atoms with E-state index in [1.54, 1.807) is 12.4 Å². The molecule has 1 aromatic carbocycles. The summed E-state index contributed by atoms with van der Waals surface area (Å²) in [7, 11) is 0. The normalized spacial score (nSPS) is 9.29. The lowest BCUT2D eigenvalue weighted by atomic mass is 10.0. The molecule has 2 aromatic rings. The molecule has 0 saturated heterocycles. The van der Waals surface area contributed by atoms with Crippen LogP contribution in [0.2, 0.25) is 0 Å². The number of fused-ring (bicyclic) bond motifs is 1. The Balaban J connectivity index is 2.96. The summed E-state index contributed by atoms with van der Waals surface area (Å²) >= 11 is 0. The van der Waals surface area contributed by atoms with Crippen molar-refractivity contribution in [2.75, 3.05) is 0 Å². The predicted octanol–water partition coefficient (Wildman–Crippen LogP) is 2.20. The van der Waals surface area contributed by atoms with E-state index in [4.69, 9.17) is 12.8 Å². The minimum atomic E-state index is 0.826. The lowest BCUT2D eigenvalue weighted by Crippen LogP contribution is -1.85. The van der Waals surface area contributed by atoms with Crippen LogP contribution in [0.3, 0.4) is 0 Å². The highest BCUT2D eigenvalue weighted by Crippen LogP contribution is 2.20. The zero-order valence-corrected chi connectivity index (χ0v) is 7.49. The molecule has 0 amide bonds. The maximum Gasteiger partial charge on any atom is 0.0359 e. The molecule has 2 rings (SSSR count). The molecule has 14 heavy (non-hydrogen) atoms. The Kier molecular flexibility index (Phi) is 1.94. The van der Waals surface area contributed by atoms with E-state index in [0.717, 1.165) is 21.9 Å². The lowest BCUT2D eigenvalue weighted by molar-refractivity contribution is 1.36. The number of rotatable bonds is 0. The van der Waals surface area contributed by atoms with Crippen molar-refractivity contribution in [2.24, 2.45) is 0 Å². The maximum absolute atomic E-state index is 5.39. The van der Waals surface area contributed by atoms with E-state index < -0.39 is 0 Å². The third-order valence-electron chi connectivity index (χ3n) is 2.13. The van der Waals surface area contributed by atoms with Crippen molar-refractivity contribution in [2.45, 2.75) is 0 Å². The molecule has 0 spiro atoms. The first-order chi connectivity index (χ1) is 6.86. The molecule has 0 saturated carbocycles. The van der Waals surface area contributed by atoms with Gasteiger partial charge in [-0.25, -0.2) is 0 Å². The summed E-state index contributed by atoms with van der Waals surface area (Å²) < 4.78 is 0. The van der Waals surface area contributed by atoms with Crippen LogP contribution < -0.4 is 0 Å². The van der Waals surface area contributed by atoms with Crippen LogP contribution in [0.4, 0.5) is 0 Å². The fourth-order valence-electron chi connectivity index (χ4n) is 1.44. The van der Waals surface area contributed by atoms with Gasteiger partial charge in [-0.15, -0.1) is 12.8 Å². The summed E-state index contributed by atoms with van der Waals surface area (Å²) in [6, 6.07) is 5.59. The van der Waals surface area contributed by atoms with Crippen molar-refractivity contribution in [1.29, 1.82) is 0 Å². The molecule has 1 heteroatoms. The zero-order chi connectivity index (χ0) is 9.97. The van der Waals surface area contributed by atoms with E-state index in [2.05, 4.69) is 16.8 Å². The molecule has 1 aromatic heterocycles. The zero-order valence-electron chi connectivity index (χ0n) is 7.49. The predicted molar refractivity (Wildman–Crippen MR) is 57.6 cm³/mol. The van der Waals surface area contributed by atoms with Gasteiger partial charge in [0, 0.05) is 34.3 Å². The number of hydrogen-bond donors (Lipinski definition) is 0. The molecule has 0 unspecified atom stereocenters. The van der Waals surface area contributed by atoms with Gasteiger partial charge in [0.05, 0.1) is 0 Å². The summed E-state index contributed by atoms with van der Waals surface area (Å²) in [5.41, 5.74) is 1.67. The highest BCUT2D eigenvalue weighted by molar-refractivity contribution is 5.91. The van der Waals surface area contributed by atoms with Gasteiger partial charge in [-0.1, -0.05) is 11.8 Å². The van der Waals surface area contributed by atoms with Crippen LogP contribution in [0.15, 0.2) is 30.6 Å². The van der Waals surface area contributed by atoms with E-state index in [-0.39, 0.29) is 0 Å². The summed E-state index contributed by atoms with van der Waals surface area (Å²) in [6.07, 6.45) is 14.2. The van der Waals surface area contributed by atoms with Gasteiger partial charge in [-0.3, -0.25) is 4.98 Å². The van der Waals surface area contributed by atoms with Gasteiger partial charge in [0.15, 0.2) is 0 Å². The molecule has 0 radical (unpaired) electrons. The van der Waals surface area contributed by atoms with Gasteiger partial charge in [0.25, 0.3) is 0 Å². The molecular weight excluding hydrogens is 170 g/mol. The number of benzene rings is 1. The van der Waals surface area contributed by atoms with E-state index in [9.17, 15) is 0 Å². The second-order valence-electron chi connectivity index (χ2n) is 2.87.